The van der Waals surface area contributed by atoms with Gasteiger partial charge in [0.1, 0.15) is 0 Å². The molecule has 0 aliphatic heterocycles. The summed E-state index contributed by atoms with van der Waals surface area (Å²) in [5, 5.41) is 1.36. The molecule has 0 saturated carbocycles. The van der Waals surface area contributed by atoms with Crippen molar-refractivity contribution in [2.24, 2.45) is 5.73 Å². The Labute approximate surface area is 123 Å². The molecule has 0 saturated heterocycles. The Kier molecular flexibility index (Phi) is 5.20. The van der Waals surface area contributed by atoms with Crippen LogP contribution >= 0.6 is 23.2 Å². The molecule has 0 amide bonds. The lowest BCUT2D eigenvalue weighted by Gasteiger charge is -2.13. The lowest BCUT2D eigenvalue weighted by Crippen LogP contribution is -2.24. The van der Waals surface area contributed by atoms with Gasteiger partial charge in [0.25, 0.3) is 0 Å². The molecule has 2 rings (SSSR count). The second-order valence-electron chi connectivity index (χ2n) is 4.52. The van der Waals surface area contributed by atoms with Crippen LogP contribution in [0.25, 0.3) is 0 Å². The van der Waals surface area contributed by atoms with Crippen molar-refractivity contribution in [1.29, 1.82) is 0 Å². The summed E-state index contributed by atoms with van der Waals surface area (Å²) >= 11 is 12.3. The molecule has 1 heterocycles. The largest absolute Gasteiger partial charge is 0.327 e. The third kappa shape index (κ3) is 4.20. The summed E-state index contributed by atoms with van der Waals surface area (Å²) in [4.78, 5) is 4.29. The monoisotopic (exact) mass is 294 g/mol. The number of pyridine rings is 1. The molecule has 0 bridgehead atoms. The fraction of sp³-hybridized carbons (Fsp3) is 0.267. The average Bonchev–Trinajstić information content (AvgIpc) is 2.42. The summed E-state index contributed by atoms with van der Waals surface area (Å²) in [6, 6.07) is 11.5. The minimum absolute atomic E-state index is 0.0272. The van der Waals surface area contributed by atoms with Crippen molar-refractivity contribution in [3.8, 4) is 0 Å². The maximum absolute atomic E-state index is 6.15. The molecule has 0 aliphatic rings. The van der Waals surface area contributed by atoms with E-state index in [1.807, 2.05) is 36.4 Å². The zero-order valence-corrected chi connectivity index (χ0v) is 12.0. The predicted molar refractivity (Wildman–Crippen MR) is 80.7 cm³/mol. The molecule has 2 N–H and O–H groups in total. The van der Waals surface area contributed by atoms with Crippen molar-refractivity contribution in [2.45, 2.75) is 25.3 Å². The van der Waals surface area contributed by atoms with E-state index in [4.69, 9.17) is 28.9 Å². The van der Waals surface area contributed by atoms with Gasteiger partial charge in [-0.1, -0.05) is 35.3 Å². The lowest BCUT2D eigenvalue weighted by molar-refractivity contribution is 0.605. The van der Waals surface area contributed by atoms with Crippen molar-refractivity contribution in [2.75, 3.05) is 0 Å². The molecule has 2 aromatic rings. The number of nitrogens with two attached hydrogens (primary N) is 1. The maximum atomic E-state index is 6.15. The molecule has 0 aliphatic carbocycles. The maximum Gasteiger partial charge on any atom is 0.0453 e. The van der Waals surface area contributed by atoms with Gasteiger partial charge in [-0.2, -0.15) is 0 Å². The summed E-state index contributed by atoms with van der Waals surface area (Å²) in [6.07, 6.45) is 4.21. The zero-order chi connectivity index (χ0) is 13.7. The van der Waals surface area contributed by atoms with Crippen LogP contribution in [0.5, 0.6) is 0 Å². The topological polar surface area (TPSA) is 38.9 Å². The standard InChI is InChI=1S/C15H16Cl2N2/c16-14-5-3-6-15(17)13(14)10-11(18)7-8-12-4-1-2-9-19-12/h1-6,9,11H,7-8,10,18H2. The van der Waals surface area contributed by atoms with Crippen LogP contribution in [0.4, 0.5) is 0 Å². The average molecular weight is 295 g/mol. The van der Waals surface area contributed by atoms with Crippen LogP contribution in [0.3, 0.4) is 0 Å². The highest BCUT2D eigenvalue weighted by Gasteiger charge is 2.11. The van der Waals surface area contributed by atoms with Gasteiger partial charge in [0.05, 0.1) is 0 Å². The highest BCUT2D eigenvalue weighted by molar-refractivity contribution is 6.35. The Morgan fingerprint density at radius 1 is 1.05 bits per heavy atom. The molecule has 0 radical (unpaired) electrons. The van der Waals surface area contributed by atoms with Crippen LogP contribution in [-0.4, -0.2) is 11.0 Å². The van der Waals surface area contributed by atoms with E-state index in [0.717, 1.165) is 24.1 Å². The molecule has 1 aromatic heterocycles. The summed E-state index contributed by atoms with van der Waals surface area (Å²) < 4.78 is 0. The second kappa shape index (κ2) is 6.90. The Morgan fingerprint density at radius 2 is 1.79 bits per heavy atom. The second-order valence-corrected chi connectivity index (χ2v) is 5.34. The van der Waals surface area contributed by atoms with E-state index in [1.165, 1.54) is 0 Å². The van der Waals surface area contributed by atoms with Gasteiger partial charge in [-0.25, -0.2) is 0 Å². The fourth-order valence-electron chi connectivity index (χ4n) is 1.97. The molecular weight excluding hydrogens is 279 g/mol. The van der Waals surface area contributed by atoms with Gasteiger partial charge >= 0.3 is 0 Å². The SMILES string of the molecule is NC(CCc1ccccn1)Cc1c(Cl)cccc1Cl. The lowest BCUT2D eigenvalue weighted by atomic mass is 10.0. The molecule has 1 aromatic carbocycles. The number of hydrogen-bond donors (Lipinski definition) is 1. The number of nitrogens with zero attached hydrogens (tertiary/aromatic N) is 1. The minimum Gasteiger partial charge on any atom is -0.327 e. The van der Waals surface area contributed by atoms with E-state index in [0.29, 0.717) is 16.5 Å². The van der Waals surface area contributed by atoms with Crippen molar-refractivity contribution >= 4 is 23.2 Å². The van der Waals surface area contributed by atoms with Crippen LogP contribution < -0.4 is 5.73 Å². The third-order valence-electron chi connectivity index (χ3n) is 3.03. The number of aromatic nitrogens is 1. The Balaban J connectivity index is 1.93. The van der Waals surface area contributed by atoms with Gasteiger partial charge in [0, 0.05) is 28.0 Å². The van der Waals surface area contributed by atoms with Crippen molar-refractivity contribution in [3.63, 3.8) is 0 Å². The Morgan fingerprint density at radius 3 is 2.42 bits per heavy atom. The van der Waals surface area contributed by atoms with Gasteiger partial charge < -0.3 is 5.73 Å². The molecule has 2 nitrogen and oxygen atoms in total. The van der Waals surface area contributed by atoms with Crippen LogP contribution in [0.2, 0.25) is 10.0 Å². The Hall–Kier alpha value is -1.09. The molecule has 19 heavy (non-hydrogen) atoms. The first-order chi connectivity index (χ1) is 9.16. The zero-order valence-electron chi connectivity index (χ0n) is 10.5. The smallest absolute Gasteiger partial charge is 0.0453 e. The molecule has 1 unspecified atom stereocenters. The van der Waals surface area contributed by atoms with E-state index >= 15 is 0 Å². The van der Waals surface area contributed by atoms with Crippen LogP contribution in [0.15, 0.2) is 42.6 Å². The Bertz CT molecular complexity index is 509. The van der Waals surface area contributed by atoms with E-state index in [-0.39, 0.29) is 6.04 Å². The molecule has 4 heteroatoms. The van der Waals surface area contributed by atoms with Crippen LogP contribution in [-0.2, 0) is 12.8 Å². The molecule has 0 fully saturated rings. The van der Waals surface area contributed by atoms with Gasteiger partial charge in [0.15, 0.2) is 0 Å². The van der Waals surface area contributed by atoms with Crippen LogP contribution in [0.1, 0.15) is 17.7 Å². The van der Waals surface area contributed by atoms with Gasteiger partial charge in [-0.05, 0) is 49.1 Å². The minimum atomic E-state index is 0.0272. The first-order valence-electron chi connectivity index (χ1n) is 6.25. The van der Waals surface area contributed by atoms with Crippen molar-refractivity contribution < 1.29 is 0 Å². The molecule has 0 spiro atoms. The number of rotatable bonds is 5. The molecular formula is C15H16Cl2N2. The van der Waals surface area contributed by atoms with Gasteiger partial charge in [0.2, 0.25) is 0 Å². The fourth-order valence-corrected chi connectivity index (χ4v) is 2.52. The van der Waals surface area contributed by atoms with Gasteiger partial charge in [-0.3, -0.25) is 4.98 Å². The summed E-state index contributed by atoms with van der Waals surface area (Å²) in [5.74, 6) is 0. The molecule has 100 valence electrons. The van der Waals surface area contributed by atoms with Crippen molar-refractivity contribution in [1.82, 2.24) is 4.98 Å². The van der Waals surface area contributed by atoms with Gasteiger partial charge in [-0.15, -0.1) is 0 Å². The highest BCUT2D eigenvalue weighted by atomic mass is 35.5. The van der Waals surface area contributed by atoms with E-state index in [9.17, 15) is 0 Å². The summed E-state index contributed by atoms with van der Waals surface area (Å²) in [5.41, 5.74) is 8.13. The number of halogens is 2. The normalized spacial score (nSPS) is 12.4. The van der Waals surface area contributed by atoms with Crippen LogP contribution in [0, 0.1) is 0 Å². The highest BCUT2D eigenvalue weighted by Crippen LogP contribution is 2.25. The number of aryl methyl sites for hydroxylation is 1. The number of hydrogen-bond acceptors (Lipinski definition) is 2. The first kappa shape index (κ1) is 14.3. The third-order valence-corrected chi connectivity index (χ3v) is 3.73. The molecule has 1 atom stereocenters. The van der Waals surface area contributed by atoms with Crippen molar-refractivity contribution in [3.05, 3.63) is 63.9 Å². The first-order valence-corrected chi connectivity index (χ1v) is 7.01. The number of benzene rings is 1. The van der Waals surface area contributed by atoms with E-state index in [2.05, 4.69) is 4.98 Å². The summed E-state index contributed by atoms with van der Waals surface area (Å²) in [6.45, 7) is 0. The quantitative estimate of drug-likeness (QED) is 0.908. The predicted octanol–water partition coefficient (Wildman–Crippen LogP) is 3.89. The van der Waals surface area contributed by atoms with E-state index < -0.39 is 0 Å². The summed E-state index contributed by atoms with van der Waals surface area (Å²) in [7, 11) is 0. The van der Waals surface area contributed by atoms with E-state index in [1.54, 1.807) is 6.20 Å².